The van der Waals surface area contributed by atoms with Crippen LogP contribution in [0.3, 0.4) is 0 Å². The predicted molar refractivity (Wildman–Crippen MR) is 113 cm³/mol. The molecule has 2 aliphatic heterocycles. The first kappa shape index (κ1) is 17.7. The summed E-state index contributed by atoms with van der Waals surface area (Å²) in [5.41, 5.74) is 7.82. The van der Waals surface area contributed by atoms with Gasteiger partial charge in [0.25, 0.3) is 0 Å². The van der Waals surface area contributed by atoms with Crippen molar-refractivity contribution in [1.82, 2.24) is 9.99 Å². The Bertz CT molecular complexity index is 961. The van der Waals surface area contributed by atoms with Crippen molar-refractivity contribution in [1.29, 1.82) is 0 Å². The van der Waals surface area contributed by atoms with Gasteiger partial charge in [-0.15, -0.1) is 0 Å². The zero-order valence-corrected chi connectivity index (χ0v) is 17.0. The lowest BCUT2D eigenvalue weighted by Crippen LogP contribution is -2.33. The number of hydrazone groups is 1. The molecule has 28 heavy (non-hydrogen) atoms. The Balaban J connectivity index is 1.32. The van der Waals surface area contributed by atoms with Gasteiger partial charge in [-0.3, -0.25) is 10.4 Å². The fourth-order valence-corrected chi connectivity index (χ4v) is 4.45. The smallest absolute Gasteiger partial charge is 0.177 e. The number of fused-ring (bicyclic) bond motifs is 1. The lowest BCUT2D eigenvalue weighted by molar-refractivity contribution is 0.0778. The molecule has 1 aromatic heterocycles. The first-order valence-electron chi connectivity index (χ1n) is 9.76. The van der Waals surface area contributed by atoms with Crippen LogP contribution in [0.5, 0.6) is 11.5 Å². The number of hydrogen-bond acceptors (Lipinski definition) is 5. The molecule has 146 valence electrons. The Morgan fingerprint density at radius 3 is 2.82 bits per heavy atom. The molecular formula is C21H24N4O2S. The van der Waals surface area contributed by atoms with Crippen molar-refractivity contribution in [3.63, 3.8) is 0 Å². The van der Waals surface area contributed by atoms with Crippen LogP contribution in [0.15, 0.2) is 40.4 Å². The molecule has 0 saturated heterocycles. The number of aliphatic imine (C=N–C) groups is 1. The average molecular weight is 397 g/mol. The number of aromatic nitrogens is 1. The summed E-state index contributed by atoms with van der Waals surface area (Å²) < 4.78 is 14.3. The van der Waals surface area contributed by atoms with E-state index >= 15 is 0 Å². The summed E-state index contributed by atoms with van der Waals surface area (Å²) >= 11 is 1.74. The monoisotopic (exact) mass is 396 g/mol. The molecule has 1 N–H and O–H groups in total. The van der Waals surface area contributed by atoms with Gasteiger partial charge in [0.15, 0.2) is 22.8 Å². The summed E-state index contributed by atoms with van der Waals surface area (Å²) in [5, 5.41) is 5.55. The van der Waals surface area contributed by atoms with Gasteiger partial charge >= 0.3 is 0 Å². The number of ether oxygens (including phenoxy) is 2. The van der Waals surface area contributed by atoms with Crippen LogP contribution >= 0.6 is 11.8 Å². The highest BCUT2D eigenvalue weighted by Gasteiger charge is 2.25. The van der Waals surface area contributed by atoms with Crippen molar-refractivity contribution in [2.24, 2.45) is 10.1 Å². The van der Waals surface area contributed by atoms with E-state index in [2.05, 4.69) is 40.0 Å². The van der Waals surface area contributed by atoms with Gasteiger partial charge in [0.1, 0.15) is 6.61 Å². The van der Waals surface area contributed by atoms with Gasteiger partial charge in [0.05, 0.1) is 18.3 Å². The van der Waals surface area contributed by atoms with Gasteiger partial charge in [-0.25, -0.2) is 0 Å². The molecule has 7 heteroatoms. The van der Waals surface area contributed by atoms with Gasteiger partial charge in [0, 0.05) is 22.7 Å². The van der Waals surface area contributed by atoms with Crippen LogP contribution in [0.1, 0.15) is 29.8 Å². The molecule has 0 bridgehead atoms. The van der Waals surface area contributed by atoms with Crippen LogP contribution in [-0.2, 0) is 6.54 Å². The molecule has 3 heterocycles. The van der Waals surface area contributed by atoms with Gasteiger partial charge < -0.3 is 14.0 Å². The molecule has 1 fully saturated rings. The second kappa shape index (κ2) is 7.20. The van der Waals surface area contributed by atoms with Crippen molar-refractivity contribution in [3.8, 4) is 11.5 Å². The van der Waals surface area contributed by atoms with Crippen LogP contribution in [0.4, 0.5) is 0 Å². The molecule has 1 aliphatic carbocycles. The predicted octanol–water partition coefficient (Wildman–Crippen LogP) is 3.50. The Kier molecular flexibility index (Phi) is 4.55. The summed E-state index contributed by atoms with van der Waals surface area (Å²) in [7, 11) is 0. The summed E-state index contributed by atoms with van der Waals surface area (Å²) in [6.45, 7) is 5.61. The van der Waals surface area contributed by atoms with Crippen LogP contribution in [0, 0.1) is 13.8 Å². The Labute approximate surface area is 169 Å². The molecule has 0 radical (unpaired) electrons. The molecule has 2 aromatic rings. The van der Waals surface area contributed by atoms with Crippen LogP contribution < -0.4 is 14.9 Å². The molecule has 0 spiro atoms. The SMILES string of the molecule is Cc1cc(C2=NNC(=NC3CC3)SC2)c(C)n1CC1COc2ccccc2O1. The van der Waals surface area contributed by atoms with E-state index in [-0.39, 0.29) is 6.10 Å². The molecule has 1 atom stereocenters. The zero-order chi connectivity index (χ0) is 19.1. The second-order valence-electron chi connectivity index (χ2n) is 7.52. The van der Waals surface area contributed by atoms with E-state index in [0.29, 0.717) is 12.6 Å². The van der Waals surface area contributed by atoms with Gasteiger partial charge in [-0.05, 0) is 44.9 Å². The summed E-state index contributed by atoms with van der Waals surface area (Å²) in [4.78, 5) is 4.64. The van der Waals surface area contributed by atoms with Crippen LogP contribution in [0.25, 0.3) is 0 Å². The maximum Gasteiger partial charge on any atom is 0.177 e. The van der Waals surface area contributed by atoms with E-state index < -0.39 is 0 Å². The number of nitrogens with zero attached hydrogens (tertiary/aromatic N) is 3. The Hall–Kier alpha value is -2.41. The van der Waals surface area contributed by atoms with E-state index in [4.69, 9.17) is 9.47 Å². The number of benzene rings is 1. The highest BCUT2D eigenvalue weighted by molar-refractivity contribution is 8.14. The maximum absolute atomic E-state index is 6.15. The summed E-state index contributed by atoms with van der Waals surface area (Å²) in [6, 6.07) is 10.6. The molecule has 1 saturated carbocycles. The Morgan fingerprint density at radius 2 is 2.07 bits per heavy atom. The molecule has 3 aliphatic rings. The number of hydrogen-bond donors (Lipinski definition) is 1. The zero-order valence-electron chi connectivity index (χ0n) is 16.1. The van der Waals surface area contributed by atoms with Crippen molar-refractivity contribution in [2.45, 2.75) is 45.4 Å². The minimum Gasteiger partial charge on any atom is -0.486 e. The van der Waals surface area contributed by atoms with Gasteiger partial charge in [0.2, 0.25) is 0 Å². The quantitative estimate of drug-likeness (QED) is 0.859. The molecule has 0 amide bonds. The minimum atomic E-state index is -0.00868. The molecular weight excluding hydrogens is 372 g/mol. The minimum absolute atomic E-state index is 0.00868. The number of amidine groups is 1. The van der Waals surface area contributed by atoms with Crippen LogP contribution in [-0.4, -0.2) is 40.0 Å². The second-order valence-corrected chi connectivity index (χ2v) is 8.48. The first-order valence-corrected chi connectivity index (χ1v) is 10.7. The van der Waals surface area contributed by atoms with E-state index in [9.17, 15) is 0 Å². The maximum atomic E-state index is 6.15. The molecule has 6 nitrogen and oxygen atoms in total. The third-order valence-corrected chi connectivity index (χ3v) is 6.20. The van der Waals surface area contributed by atoms with Crippen molar-refractivity contribution >= 4 is 22.6 Å². The number of para-hydroxylation sites is 2. The highest BCUT2D eigenvalue weighted by atomic mass is 32.2. The standard InChI is InChI=1S/C21H24N4O2S/c1-13-9-17(18-12-28-21(24-23-18)22-15-7-8-15)14(2)25(13)10-16-11-26-19-5-3-4-6-20(19)27-16/h3-6,9,15-16H,7-8,10-12H2,1-2H3,(H,22,24). The number of nitrogens with one attached hydrogen (secondary N) is 1. The third kappa shape index (κ3) is 3.51. The van der Waals surface area contributed by atoms with E-state index in [0.717, 1.165) is 34.7 Å². The highest BCUT2D eigenvalue weighted by Crippen LogP contribution is 2.32. The van der Waals surface area contributed by atoms with E-state index in [1.165, 1.54) is 29.8 Å². The fraction of sp³-hybridized carbons (Fsp3) is 0.429. The fourth-order valence-electron chi connectivity index (χ4n) is 3.62. The molecule has 1 unspecified atom stereocenters. The normalized spacial score (nSPS) is 22.7. The number of aryl methyl sites for hydroxylation is 1. The van der Waals surface area contributed by atoms with Crippen LogP contribution in [0.2, 0.25) is 0 Å². The van der Waals surface area contributed by atoms with Gasteiger partial charge in [-0.2, -0.15) is 5.10 Å². The molecule has 1 aromatic carbocycles. The van der Waals surface area contributed by atoms with Crippen molar-refractivity contribution in [2.75, 3.05) is 12.4 Å². The number of rotatable bonds is 4. The average Bonchev–Trinajstić information content (AvgIpc) is 3.49. The van der Waals surface area contributed by atoms with Crippen molar-refractivity contribution < 1.29 is 9.47 Å². The lowest BCUT2D eigenvalue weighted by atomic mass is 10.1. The third-order valence-electron chi connectivity index (χ3n) is 5.32. The largest absolute Gasteiger partial charge is 0.486 e. The topological polar surface area (TPSA) is 60.1 Å². The Morgan fingerprint density at radius 1 is 1.25 bits per heavy atom. The van der Waals surface area contributed by atoms with Crippen molar-refractivity contribution in [3.05, 3.63) is 47.3 Å². The van der Waals surface area contributed by atoms with E-state index in [1.807, 2.05) is 24.3 Å². The summed E-state index contributed by atoms with van der Waals surface area (Å²) in [5.74, 6) is 2.49. The molecule has 5 rings (SSSR count). The van der Waals surface area contributed by atoms with E-state index in [1.54, 1.807) is 11.8 Å². The van der Waals surface area contributed by atoms with Gasteiger partial charge in [-0.1, -0.05) is 23.9 Å². The first-order chi connectivity index (χ1) is 13.7. The summed E-state index contributed by atoms with van der Waals surface area (Å²) in [6.07, 6.45) is 2.41. The number of thioether (sulfide) groups is 1. The lowest BCUT2D eigenvalue weighted by Gasteiger charge is -2.27.